The van der Waals surface area contributed by atoms with Crippen molar-refractivity contribution < 1.29 is 14.3 Å². The van der Waals surface area contributed by atoms with Gasteiger partial charge >= 0.3 is 0 Å². The summed E-state index contributed by atoms with van der Waals surface area (Å²) in [6.45, 7) is 4.79. The molecule has 0 unspecified atom stereocenters. The van der Waals surface area contributed by atoms with E-state index < -0.39 is 0 Å². The van der Waals surface area contributed by atoms with E-state index in [1.807, 2.05) is 62.4 Å². The summed E-state index contributed by atoms with van der Waals surface area (Å²) in [5, 5.41) is 3.57. The van der Waals surface area contributed by atoms with Gasteiger partial charge in [-0.2, -0.15) is 0 Å². The maximum absolute atomic E-state index is 12.0. The molecule has 0 aromatic heterocycles. The molecule has 0 aliphatic rings. The fraction of sp³-hybridized carbons (Fsp3) is 0.316. The molecule has 0 aliphatic carbocycles. The molecular formula is C19H22ClNO3. The number of rotatable bonds is 8. The second kappa shape index (κ2) is 9.18. The maximum atomic E-state index is 12.0. The fourth-order valence-corrected chi connectivity index (χ4v) is 2.58. The lowest BCUT2D eigenvalue weighted by Crippen LogP contribution is -2.28. The minimum Gasteiger partial charge on any atom is -0.494 e. The molecule has 2 rings (SSSR count). The molecule has 24 heavy (non-hydrogen) atoms. The van der Waals surface area contributed by atoms with Gasteiger partial charge in [-0.25, -0.2) is 0 Å². The summed E-state index contributed by atoms with van der Waals surface area (Å²) >= 11 is 6.14. The van der Waals surface area contributed by atoms with E-state index in [9.17, 15) is 4.79 Å². The van der Waals surface area contributed by atoms with E-state index in [2.05, 4.69) is 5.32 Å². The van der Waals surface area contributed by atoms with Crippen LogP contribution in [0.1, 0.15) is 31.9 Å². The summed E-state index contributed by atoms with van der Waals surface area (Å²) in [4.78, 5) is 12.0. The second-order valence-electron chi connectivity index (χ2n) is 5.31. The Hall–Kier alpha value is -2.20. The molecule has 2 aromatic carbocycles. The quantitative estimate of drug-likeness (QED) is 0.770. The summed E-state index contributed by atoms with van der Waals surface area (Å²) in [7, 11) is 0. The van der Waals surface area contributed by atoms with Crippen molar-refractivity contribution in [1.82, 2.24) is 5.32 Å². The average Bonchev–Trinajstić information content (AvgIpc) is 2.57. The van der Waals surface area contributed by atoms with Gasteiger partial charge < -0.3 is 14.8 Å². The van der Waals surface area contributed by atoms with Crippen LogP contribution in [0.3, 0.4) is 0 Å². The highest BCUT2D eigenvalue weighted by Crippen LogP contribution is 2.22. The first kappa shape index (κ1) is 18.1. The van der Waals surface area contributed by atoms with Crippen LogP contribution in [0.5, 0.6) is 11.5 Å². The van der Waals surface area contributed by atoms with E-state index in [4.69, 9.17) is 21.1 Å². The van der Waals surface area contributed by atoms with Crippen molar-refractivity contribution in [2.45, 2.75) is 26.3 Å². The molecule has 2 aromatic rings. The zero-order valence-electron chi connectivity index (χ0n) is 13.9. The lowest BCUT2D eigenvalue weighted by Gasteiger charge is -2.16. The molecule has 128 valence electrons. The highest BCUT2D eigenvalue weighted by Gasteiger charge is 2.12. The van der Waals surface area contributed by atoms with Crippen LogP contribution in [0.25, 0.3) is 0 Å². The van der Waals surface area contributed by atoms with Gasteiger partial charge in [-0.1, -0.05) is 29.8 Å². The van der Waals surface area contributed by atoms with Crippen LogP contribution in [0.2, 0.25) is 5.02 Å². The standard InChI is InChI=1S/C19H22ClNO3/c1-3-23-15-8-10-16(11-9-15)24-13-12-19(22)21-14(2)17-6-4-5-7-18(17)20/h4-11,14H,3,12-13H2,1-2H3,(H,21,22)/t14-/m1/s1. The van der Waals surface area contributed by atoms with E-state index in [1.165, 1.54) is 0 Å². The molecule has 0 spiro atoms. The van der Waals surface area contributed by atoms with E-state index in [0.29, 0.717) is 24.0 Å². The summed E-state index contributed by atoms with van der Waals surface area (Å²) in [6.07, 6.45) is 0.280. The molecule has 0 saturated heterocycles. The SMILES string of the molecule is CCOc1ccc(OCCC(=O)N[C@H](C)c2ccccc2Cl)cc1. The molecule has 4 nitrogen and oxygen atoms in total. The van der Waals surface area contributed by atoms with Crippen molar-refractivity contribution in [3.8, 4) is 11.5 Å². The third-order valence-electron chi connectivity index (χ3n) is 3.48. The van der Waals surface area contributed by atoms with Crippen LogP contribution in [0, 0.1) is 0 Å². The molecule has 5 heteroatoms. The molecular weight excluding hydrogens is 326 g/mol. The van der Waals surface area contributed by atoms with Gasteiger partial charge in [0, 0.05) is 5.02 Å². The number of benzene rings is 2. The lowest BCUT2D eigenvalue weighted by molar-refractivity contribution is -0.122. The van der Waals surface area contributed by atoms with Gasteiger partial charge in [-0.3, -0.25) is 4.79 Å². The summed E-state index contributed by atoms with van der Waals surface area (Å²) in [5.41, 5.74) is 0.903. The summed E-state index contributed by atoms with van der Waals surface area (Å²) in [6, 6.07) is 14.7. The molecule has 0 fully saturated rings. The van der Waals surface area contributed by atoms with Crippen molar-refractivity contribution in [1.29, 1.82) is 0 Å². The first-order valence-corrected chi connectivity index (χ1v) is 8.37. The largest absolute Gasteiger partial charge is 0.494 e. The molecule has 0 saturated carbocycles. The Kier molecular flexibility index (Phi) is 6.94. The van der Waals surface area contributed by atoms with Gasteiger partial charge in [0.2, 0.25) is 5.91 Å². The second-order valence-corrected chi connectivity index (χ2v) is 5.72. The first-order chi connectivity index (χ1) is 11.6. The van der Waals surface area contributed by atoms with Crippen LogP contribution in [0.4, 0.5) is 0 Å². The Balaban J connectivity index is 1.76. The number of nitrogens with one attached hydrogen (secondary N) is 1. The van der Waals surface area contributed by atoms with Crippen LogP contribution in [0.15, 0.2) is 48.5 Å². The van der Waals surface area contributed by atoms with Gasteiger partial charge in [0.05, 0.1) is 25.7 Å². The molecule has 1 amide bonds. The first-order valence-electron chi connectivity index (χ1n) is 7.99. The van der Waals surface area contributed by atoms with Crippen molar-refractivity contribution in [2.75, 3.05) is 13.2 Å². The normalized spacial score (nSPS) is 11.6. The average molecular weight is 348 g/mol. The topological polar surface area (TPSA) is 47.6 Å². The Morgan fingerprint density at radius 1 is 1.08 bits per heavy atom. The Labute approximate surface area is 147 Å². The number of hydrogen-bond acceptors (Lipinski definition) is 3. The van der Waals surface area contributed by atoms with E-state index in [0.717, 1.165) is 11.3 Å². The van der Waals surface area contributed by atoms with Crippen LogP contribution in [-0.2, 0) is 4.79 Å². The number of halogens is 1. The van der Waals surface area contributed by atoms with Crippen LogP contribution < -0.4 is 14.8 Å². The number of amides is 1. The lowest BCUT2D eigenvalue weighted by atomic mass is 10.1. The third-order valence-corrected chi connectivity index (χ3v) is 3.83. The minimum atomic E-state index is -0.142. The number of hydrogen-bond donors (Lipinski definition) is 1. The van der Waals surface area contributed by atoms with Gasteiger partial charge in [0.15, 0.2) is 0 Å². The summed E-state index contributed by atoms with van der Waals surface area (Å²) in [5.74, 6) is 1.44. The Morgan fingerprint density at radius 3 is 2.33 bits per heavy atom. The monoisotopic (exact) mass is 347 g/mol. The molecule has 1 atom stereocenters. The maximum Gasteiger partial charge on any atom is 0.223 e. The van der Waals surface area contributed by atoms with Gasteiger partial charge in [0.25, 0.3) is 0 Å². The van der Waals surface area contributed by atoms with Crippen molar-refractivity contribution >= 4 is 17.5 Å². The van der Waals surface area contributed by atoms with E-state index in [-0.39, 0.29) is 18.4 Å². The van der Waals surface area contributed by atoms with Crippen molar-refractivity contribution in [3.63, 3.8) is 0 Å². The van der Waals surface area contributed by atoms with Gasteiger partial charge in [0.1, 0.15) is 11.5 Å². The predicted octanol–water partition coefficient (Wildman–Crippen LogP) is 4.39. The van der Waals surface area contributed by atoms with E-state index >= 15 is 0 Å². The smallest absolute Gasteiger partial charge is 0.223 e. The van der Waals surface area contributed by atoms with Crippen LogP contribution in [-0.4, -0.2) is 19.1 Å². The Morgan fingerprint density at radius 2 is 1.71 bits per heavy atom. The molecule has 0 radical (unpaired) electrons. The minimum absolute atomic E-state index is 0.0756. The van der Waals surface area contributed by atoms with E-state index in [1.54, 1.807) is 0 Å². The Bertz CT molecular complexity index is 658. The zero-order chi connectivity index (χ0) is 17.4. The fourth-order valence-electron chi connectivity index (χ4n) is 2.28. The molecule has 1 N–H and O–H groups in total. The van der Waals surface area contributed by atoms with Gasteiger partial charge in [-0.05, 0) is 49.7 Å². The highest BCUT2D eigenvalue weighted by molar-refractivity contribution is 6.31. The number of carbonyl (C=O) groups excluding carboxylic acids is 1. The molecule has 0 heterocycles. The number of ether oxygens (including phenoxy) is 2. The summed E-state index contributed by atoms with van der Waals surface area (Å²) < 4.78 is 10.9. The van der Waals surface area contributed by atoms with Crippen molar-refractivity contribution in [3.05, 3.63) is 59.1 Å². The third kappa shape index (κ3) is 5.46. The predicted molar refractivity (Wildman–Crippen MR) is 95.7 cm³/mol. The van der Waals surface area contributed by atoms with Crippen LogP contribution >= 0.6 is 11.6 Å². The van der Waals surface area contributed by atoms with Crippen molar-refractivity contribution in [2.24, 2.45) is 0 Å². The molecule has 0 bridgehead atoms. The zero-order valence-corrected chi connectivity index (χ0v) is 14.7. The highest BCUT2D eigenvalue weighted by atomic mass is 35.5. The van der Waals surface area contributed by atoms with Gasteiger partial charge in [-0.15, -0.1) is 0 Å². The number of carbonyl (C=O) groups is 1. The molecule has 0 aliphatic heterocycles.